The monoisotopic (exact) mass is 333 g/mol. The molecule has 0 unspecified atom stereocenters. The number of nitrogens with zero attached hydrogens (tertiary/aromatic N) is 2. The molecule has 1 aromatic carbocycles. The van der Waals surface area contributed by atoms with Gasteiger partial charge in [0.25, 0.3) is 0 Å². The van der Waals surface area contributed by atoms with Gasteiger partial charge in [0.1, 0.15) is 5.82 Å². The molecule has 100 valence electrons. The molecule has 0 aliphatic rings. The molecule has 6 heteroatoms. The van der Waals surface area contributed by atoms with Gasteiger partial charge in [-0.25, -0.2) is 4.39 Å². The number of nitrogen functional groups attached to an aromatic ring is 1. The molecule has 0 aliphatic carbocycles. The van der Waals surface area contributed by atoms with Crippen LogP contribution in [0.4, 0.5) is 10.2 Å². The summed E-state index contributed by atoms with van der Waals surface area (Å²) in [5.74, 6) is 0.0652. The molecule has 3 rings (SSSR count). The largest absolute Gasteiger partial charge is 0.380 e. The van der Waals surface area contributed by atoms with Gasteiger partial charge in [0.2, 0.25) is 0 Å². The third-order valence-corrected chi connectivity index (χ3v) is 3.48. The lowest BCUT2D eigenvalue weighted by atomic mass is 10.0. The zero-order chi connectivity index (χ0) is 14.1. The van der Waals surface area contributed by atoms with Crippen molar-refractivity contribution in [1.82, 2.24) is 10.1 Å². The Hall–Kier alpha value is -2.21. The second-order valence-corrected chi connectivity index (χ2v) is 4.97. The zero-order valence-electron chi connectivity index (χ0n) is 10.2. The van der Waals surface area contributed by atoms with Gasteiger partial charge in [-0.2, -0.15) is 0 Å². The number of rotatable bonds is 2. The number of benzene rings is 1. The standard InChI is InChI=1S/C14H9BrFN3O/c15-10-5-1-4-9(12(10)16)13-11(14(17)19-20-13)8-3-2-6-18-7-8/h1-7H,(H2,17,19). The Balaban J connectivity index is 2.24. The molecule has 4 nitrogen and oxygen atoms in total. The maximum absolute atomic E-state index is 14.2. The van der Waals surface area contributed by atoms with Crippen LogP contribution in [-0.2, 0) is 0 Å². The Labute approximate surface area is 122 Å². The van der Waals surface area contributed by atoms with E-state index in [1.54, 1.807) is 36.7 Å². The van der Waals surface area contributed by atoms with Crippen LogP contribution < -0.4 is 5.73 Å². The van der Waals surface area contributed by atoms with Crippen molar-refractivity contribution in [3.63, 3.8) is 0 Å². The van der Waals surface area contributed by atoms with Crippen LogP contribution in [0.2, 0.25) is 0 Å². The summed E-state index contributed by atoms with van der Waals surface area (Å²) in [5.41, 5.74) is 7.39. The molecule has 0 aliphatic heterocycles. The van der Waals surface area contributed by atoms with Gasteiger partial charge in [-0.3, -0.25) is 4.98 Å². The molecule has 0 saturated heterocycles. The normalized spacial score (nSPS) is 10.7. The first-order valence-corrected chi connectivity index (χ1v) is 6.57. The topological polar surface area (TPSA) is 64.9 Å². The van der Waals surface area contributed by atoms with Gasteiger partial charge in [-0.15, -0.1) is 0 Å². The Morgan fingerprint density at radius 1 is 1.20 bits per heavy atom. The predicted octanol–water partition coefficient (Wildman–Crippen LogP) is 3.89. The molecule has 0 atom stereocenters. The van der Waals surface area contributed by atoms with Gasteiger partial charge in [-0.05, 0) is 34.1 Å². The second-order valence-electron chi connectivity index (χ2n) is 4.12. The highest BCUT2D eigenvalue weighted by atomic mass is 79.9. The summed E-state index contributed by atoms with van der Waals surface area (Å²) in [7, 11) is 0. The highest BCUT2D eigenvalue weighted by molar-refractivity contribution is 9.10. The fraction of sp³-hybridized carbons (Fsp3) is 0. The average Bonchev–Trinajstić information content (AvgIpc) is 2.84. The molecule has 0 amide bonds. The Bertz CT molecular complexity index is 758. The molecule has 2 aromatic heterocycles. The highest BCUT2D eigenvalue weighted by Crippen LogP contribution is 2.38. The van der Waals surface area contributed by atoms with E-state index in [9.17, 15) is 4.39 Å². The van der Waals surface area contributed by atoms with E-state index < -0.39 is 5.82 Å². The van der Waals surface area contributed by atoms with Crippen LogP contribution >= 0.6 is 15.9 Å². The number of pyridine rings is 1. The minimum absolute atomic E-state index is 0.201. The van der Waals surface area contributed by atoms with Crippen molar-refractivity contribution < 1.29 is 8.91 Å². The molecule has 0 spiro atoms. The number of nitrogens with two attached hydrogens (primary N) is 1. The summed E-state index contributed by atoms with van der Waals surface area (Å²) in [6.07, 6.45) is 3.27. The lowest BCUT2D eigenvalue weighted by Gasteiger charge is -2.04. The summed E-state index contributed by atoms with van der Waals surface area (Å²) >= 11 is 3.15. The molecule has 20 heavy (non-hydrogen) atoms. The molecular weight excluding hydrogens is 325 g/mol. The molecule has 0 bridgehead atoms. The lowest BCUT2D eigenvalue weighted by molar-refractivity contribution is 0.433. The molecule has 0 radical (unpaired) electrons. The van der Waals surface area contributed by atoms with E-state index in [1.165, 1.54) is 0 Å². The lowest BCUT2D eigenvalue weighted by Crippen LogP contribution is -1.91. The van der Waals surface area contributed by atoms with E-state index in [0.29, 0.717) is 15.6 Å². The Kier molecular flexibility index (Phi) is 3.23. The summed E-state index contributed by atoms with van der Waals surface area (Å²) in [4.78, 5) is 4.03. The van der Waals surface area contributed by atoms with Crippen LogP contribution in [0, 0.1) is 5.82 Å². The van der Waals surface area contributed by atoms with Crippen molar-refractivity contribution in [2.24, 2.45) is 0 Å². The molecule has 0 fully saturated rings. The van der Waals surface area contributed by atoms with Gasteiger partial charge < -0.3 is 10.3 Å². The third-order valence-electron chi connectivity index (χ3n) is 2.86. The van der Waals surface area contributed by atoms with E-state index >= 15 is 0 Å². The first-order chi connectivity index (χ1) is 9.68. The van der Waals surface area contributed by atoms with Crippen LogP contribution in [0.25, 0.3) is 22.5 Å². The fourth-order valence-corrected chi connectivity index (χ4v) is 2.32. The zero-order valence-corrected chi connectivity index (χ0v) is 11.8. The number of anilines is 1. The summed E-state index contributed by atoms with van der Waals surface area (Å²) in [6, 6.07) is 8.52. The molecular formula is C14H9BrFN3O. The predicted molar refractivity (Wildman–Crippen MR) is 77.2 cm³/mol. The molecule has 3 aromatic rings. The van der Waals surface area contributed by atoms with E-state index in [2.05, 4.69) is 26.1 Å². The van der Waals surface area contributed by atoms with Gasteiger partial charge in [0.05, 0.1) is 15.6 Å². The van der Waals surface area contributed by atoms with Crippen LogP contribution in [0.1, 0.15) is 0 Å². The first kappa shape index (κ1) is 12.8. The van der Waals surface area contributed by atoms with E-state index in [-0.39, 0.29) is 11.6 Å². The van der Waals surface area contributed by atoms with Crippen molar-refractivity contribution in [2.45, 2.75) is 0 Å². The van der Waals surface area contributed by atoms with Crippen molar-refractivity contribution in [1.29, 1.82) is 0 Å². The second kappa shape index (κ2) is 5.05. The summed E-state index contributed by atoms with van der Waals surface area (Å²) in [5, 5.41) is 3.73. The molecule has 0 saturated carbocycles. The van der Waals surface area contributed by atoms with Crippen LogP contribution in [-0.4, -0.2) is 10.1 Å². The van der Waals surface area contributed by atoms with Gasteiger partial charge in [0.15, 0.2) is 11.6 Å². The van der Waals surface area contributed by atoms with Crippen LogP contribution in [0.15, 0.2) is 51.7 Å². The average molecular weight is 334 g/mol. The van der Waals surface area contributed by atoms with Gasteiger partial charge in [-0.1, -0.05) is 17.3 Å². The SMILES string of the molecule is Nc1noc(-c2cccc(Br)c2F)c1-c1cccnc1. The first-order valence-electron chi connectivity index (χ1n) is 5.78. The highest BCUT2D eigenvalue weighted by Gasteiger charge is 2.21. The number of hydrogen-bond acceptors (Lipinski definition) is 4. The van der Waals surface area contributed by atoms with Crippen molar-refractivity contribution in [3.8, 4) is 22.5 Å². The van der Waals surface area contributed by atoms with Gasteiger partial charge in [0, 0.05) is 18.0 Å². The summed E-state index contributed by atoms with van der Waals surface area (Å²) < 4.78 is 19.8. The van der Waals surface area contributed by atoms with Crippen molar-refractivity contribution in [2.75, 3.05) is 5.73 Å². The third kappa shape index (κ3) is 2.08. The van der Waals surface area contributed by atoms with Gasteiger partial charge >= 0.3 is 0 Å². The number of halogens is 2. The number of hydrogen-bond donors (Lipinski definition) is 1. The molecule has 2 heterocycles. The van der Waals surface area contributed by atoms with E-state index in [4.69, 9.17) is 10.3 Å². The summed E-state index contributed by atoms with van der Waals surface area (Å²) in [6.45, 7) is 0. The van der Waals surface area contributed by atoms with E-state index in [0.717, 1.165) is 5.56 Å². The maximum Gasteiger partial charge on any atom is 0.179 e. The van der Waals surface area contributed by atoms with Crippen molar-refractivity contribution in [3.05, 3.63) is 53.0 Å². The Morgan fingerprint density at radius 2 is 2.05 bits per heavy atom. The minimum atomic E-state index is -0.422. The Morgan fingerprint density at radius 3 is 2.80 bits per heavy atom. The van der Waals surface area contributed by atoms with Crippen LogP contribution in [0.3, 0.4) is 0 Å². The van der Waals surface area contributed by atoms with Crippen molar-refractivity contribution >= 4 is 21.7 Å². The van der Waals surface area contributed by atoms with Crippen LogP contribution in [0.5, 0.6) is 0 Å². The molecule has 2 N–H and O–H groups in total. The number of aromatic nitrogens is 2. The minimum Gasteiger partial charge on any atom is -0.380 e. The van der Waals surface area contributed by atoms with E-state index in [1.807, 2.05) is 6.07 Å². The quantitative estimate of drug-likeness (QED) is 0.772. The smallest absolute Gasteiger partial charge is 0.179 e. The fourth-order valence-electron chi connectivity index (χ4n) is 1.96. The maximum atomic E-state index is 14.2.